The maximum Gasteiger partial charge on any atom is 0.523 e. The Balaban J connectivity index is 2.86. The third kappa shape index (κ3) is 7.09. The lowest BCUT2D eigenvalue weighted by Crippen LogP contribution is -2.34. The van der Waals surface area contributed by atoms with Gasteiger partial charge in [0.1, 0.15) is 5.78 Å². The normalized spacial score (nSPS) is 20.8. The fraction of sp³-hybridized carbons (Fsp3) is 0.938. The van der Waals surface area contributed by atoms with Gasteiger partial charge in [-0.3, -0.25) is 4.79 Å². The maximum atomic E-state index is 12.8. The van der Waals surface area contributed by atoms with E-state index in [4.69, 9.17) is 3.63 Å². The number of unbranched alkanes of at least 4 members (excludes halogenated alkanes) is 3. The van der Waals surface area contributed by atoms with Gasteiger partial charge < -0.3 is 0 Å². The summed E-state index contributed by atoms with van der Waals surface area (Å²) in [6.07, 6.45) is 9.14. The van der Waals surface area contributed by atoms with Gasteiger partial charge in [0.15, 0.2) is 0 Å². The number of Topliss-reactive ketones (excluding diaryl/α,β-unsaturated/α-hetero) is 1. The summed E-state index contributed by atoms with van der Waals surface area (Å²) in [6.45, 7) is 2.04. The molecular weight excluding hydrogens is 377 g/mol. The van der Waals surface area contributed by atoms with Crippen molar-refractivity contribution in [3.05, 3.63) is 0 Å². The van der Waals surface area contributed by atoms with E-state index >= 15 is 0 Å². The van der Waals surface area contributed by atoms with Crippen molar-refractivity contribution in [3.63, 3.8) is 0 Å². The lowest BCUT2D eigenvalue weighted by atomic mass is 10.0. The molecular formula is C16H29F3O4S2. The highest BCUT2D eigenvalue weighted by Gasteiger charge is 2.51. The summed E-state index contributed by atoms with van der Waals surface area (Å²) in [7, 11) is -8.38. The van der Waals surface area contributed by atoms with Gasteiger partial charge in [0, 0.05) is 11.7 Å². The number of carbonyl (C=O) groups excluding carboxylic acids is 1. The smallest absolute Gasteiger partial charge is 0.299 e. The molecule has 0 bridgehead atoms. The van der Waals surface area contributed by atoms with Crippen molar-refractivity contribution in [2.45, 2.75) is 81.9 Å². The van der Waals surface area contributed by atoms with Crippen LogP contribution in [0.1, 0.15) is 71.1 Å². The zero-order chi connectivity index (χ0) is 19.1. The standard InChI is InChI=1S/C16H29F3O4S2/c1-3-4-5-7-10-14(20)13-24(2,15-11-8-6-9-12-15)23-25(21,22)16(17,18)19/h15H,3-13H2,1-2H3. The highest BCUT2D eigenvalue weighted by Crippen LogP contribution is 2.57. The van der Waals surface area contributed by atoms with E-state index in [0.29, 0.717) is 19.3 Å². The molecule has 1 unspecified atom stereocenters. The van der Waals surface area contributed by atoms with Gasteiger partial charge in [-0.15, -0.1) is 10.3 Å². The Morgan fingerprint density at radius 3 is 2.20 bits per heavy atom. The quantitative estimate of drug-likeness (QED) is 0.375. The van der Waals surface area contributed by atoms with E-state index in [0.717, 1.165) is 38.5 Å². The van der Waals surface area contributed by atoms with E-state index in [1.807, 2.05) is 6.92 Å². The Bertz CT molecular complexity index is 528. The molecule has 150 valence electrons. The maximum absolute atomic E-state index is 12.8. The van der Waals surface area contributed by atoms with Crippen LogP contribution in [0.4, 0.5) is 13.2 Å². The second-order valence-corrected chi connectivity index (χ2v) is 11.8. The van der Waals surface area contributed by atoms with Crippen LogP contribution in [0.3, 0.4) is 0 Å². The summed E-state index contributed by atoms with van der Waals surface area (Å²) in [5, 5.41) is -0.280. The first-order valence-corrected chi connectivity index (χ1v) is 12.4. The lowest BCUT2D eigenvalue weighted by molar-refractivity contribution is -0.116. The average molecular weight is 407 g/mol. The summed E-state index contributed by atoms with van der Waals surface area (Å²) in [6, 6.07) is 0. The molecule has 0 spiro atoms. The fourth-order valence-electron chi connectivity index (χ4n) is 3.15. The van der Waals surface area contributed by atoms with Gasteiger partial charge in [-0.25, -0.2) is 3.63 Å². The minimum absolute atomic E-state index is 0.198. The van der Waals surface area contributed by atoms with Gasteiger partial charge in [-0.1, -0.05) is 45.4 Å². The second-order valence-electron chi connectivity index (χ2n) is 6.79. The third-order valence-electron chi connectivity index (χ3n) is 4.54. The molecule has 25 heavy (non-hydrogen) atoms. The first kappa shape index (κ1) is 22.8. The molecule has 9 heteroatoms. The summed E-state index contributed by atoms with van der Waals surface area (Å²) in [5.41, 5.74) is -5.46. The Kier molecular flexibility index (Phi) is 8.74. The molecule has 0 amide bonds. The molecule has 0 aromatic heterocycles. The molecule has 0 aromatic rings. The van der Waals surface area contributed by atoms with E-state index in [1.54, 1.807) is 0 Å². The largest absolute Gasteiger partial charge is 0.523 e. The van der Waals surface area contributed by atoms with Gasteiger partial charge in [-0.05, 0) is 25.5 Å². The van der Waals surface area contributed by atoms with Crippen molar-refractivity contribution >= 4 is 26.2 Å². The van der Waals surface area contributed by atoms with Crippen LogP contribution in [-0.2, 0) is 18.5 Å². The number of hydrogen-bond acceptors (Lipinski definition) is 4. The van der Waals surface area contributed by atoms with Gasteiger partial charge in [0.25, 0.3) is 0 Å². The second kappa shape index (κ2) is 9.60. The molecule has 0 aromatic carbocycles. The van der Waals surface area contributed by atoms with E-state index in [-0.39, 0.29) is 23.2 Å². The number of rotatable bonds is 10. The molecule has 0 N–H and O–H groups in total. The van der Waals surface area contributed by atoms with Crippen molar-refractivity contribution in [3.8, 4) is 0 Å². The highest BCUT2D eigenvalue weighted by molar-refractivity contribution is 8.33. The molecule has 0 aliphatic heterocycles. The molecule has 1 rings (SSSR count). The van der Waals surface area contributed by atoms with Crippen LogP contribution in [0.15, 0.2) is 0 Å². The number of alkyl halides is 3. The van der Waals surface area contributed by atoms with Crippen molar-refractivity contribution < 1.29 is 30.0 Å². The fourth-order valence-corrected chi connectivity index (χ4v) is 8.08. The molecule has 1 aliphatic rings. The topological polar surface area (TPSA) is 60.4 Å². The Hall–Kier alpha value is -0.280. The monoisotopic (exact) mass is 406 g/mol. The molecule has 4 nitrogen and oxygen atoms in total. The van der Waals surface area contributed by atoms with Gasteiger partial charge >= 0.3 is 15.6 Å². The number of halogens is 3. The van der Waals surface area contributed by atoms with Crippen LogP contribution in [-0.4, -0.2) is 37.0 Å². The summed E-state index contributed by atoms with van der Waals surface area (Å²) in [5.74, 6) is -0.407. The Morgan fingerprint density at radius 2 is 1.68 bits per heavy atom. The highest BCUT2D eigenvalue weighted by atomic mass is 32.3. The van der Waals surface area contributed by atoms with Gasteiger partial charge in [0.05, 0.1) is 5.75 Å². The van der Waals surface area contributed by atoms with Gasteiger partial charge in [0.2, 0.25) is 0 Å². The average Bonchev–Trinajstić information content (AvgIpc) is 2.51. The minimum atomic E-state index is -5.69. The molecule has 1 fully saturated rings. The van der Waals surface area contributed by atoms with Crippen LogP contribution in [0.25, 0.3) is 0 Å². The molecule has 1 saturated carbocycles. The van der Waals surface area contributed by atoms with E-state index in [9.17, 15) is 26.4 Å². The van der Waals surface area contributed by atoms with Crippen LogP contribution in [0.2, 0.25) is 0 Å². The van der Waals surface area contributed by atoms with Crippen LogP contribution < -0.4 is 0 Å². The summed E-state index contributed by atoms with van der Waals surface area (Å²) in [4.78, 5) is 12.3. The van der Waals surface area contributed by atoms with Crippen molar-refractivity contribution in [1.82, 2.24) is 0 Å². The van der Waals surface area contributed by atoms with Crippen molar-refractivity contribution in [1.29, 1.82) is 0 Å². The zero-order valence-electron chi connectivity index (χ0n) is 14.9. The van der Waals surface area contributed by atoms with Crippen LogP contribution >= 0.6 is 10.3 Å². The molecule has 1 aliphatic carbocycles. The van der Waals surface area contributed by atoms with Crippen LogP contribution in [0.5, 0.6) is 0 Å². The summed E-state index contributed by atoms with van der Waals surface area (Å²) >= 11 is 0. The number of carbonyl (C=O) groups is 1. The van der Waals surface area contributed by atoms with Crippen molar-refractivity contribution in [2.75, 3.05) is 12.0 Å². The van der Waals surface area contributed by atoms with E-state index < -0.39 is 25.9 Å². The minimum Gasteiger partial charge on any atom is -0.299 e. The zero-order valence-corrected chi connectivity index (χ0v) is 16.6. The Labute approximate surface area is 150 Å². The molecule has 0 heterocycles. The third-order valence-corrected chi connectivity index (χ3v) is 9.85. The number of ketones is 1. The SMILES string of the molecule is CCCCCCC(=O)CS(C)(OS(=O)(=O)C(F)(F)F)C1CCCCC1. The lowest BCUT2D eigenvalue weighted by Gasteiger charge is -2.43. The van der Waals surface area contributed by atoms with E-state index in [2.05, 4.69) is 0 Å². The van der Waals surface area contributed by atoms with Gasteiger partial charge in [-0.2, -0.15) is 21.6 Å². The predicted molar refractivity (Wildman–Crippen MR) is 95.1 cm³/mol. The first-order valence-electron chi connectivity index (χ1n) is 8.81. The first-order chi connectivity index (χ1) is 11.5. The predicted octanol–water partition coefficient (Wildman–Crippen LogP) is 5.07. The molecule has 0 saturated heterocycles. The van der Waals surface area contributed by atoms with Crippen LogP contribution in [0, 0.1) is 0 Å². The van der Waals surface area contributed by atoms with E-state index in [1.165, 1.54) is 6.26 Å². The Morgan fingerprint density at radius 1 is 1.08 bits per heavy atom. The summed E-state index contributed by atoms with van der Waals surface area (Å²) < 4.78 is 66.2. The molecule has 1 atom stereocenters. The van der Waals surface area contributed by atoms with Crippen molar-refractivity contribution in [2.24, 2.45) is 0 Å². The molecule has 0 radical (unpaired) electrons. The number of hydrogen-bond donors (Lipinski definition) is 0.